The summed E-state index contributed by atoms with van der Waals surface area (Å²) in [6.07, 6.45) is 3.11. The van der Waals surface area contributed by atoms with E-state index in [9.17, 15) is 8.42 Å². The van der Waals surface area contributed by atoms with Crippen LogP contribution in [-0.2, 0) is 10.0 Å². The van der Waals surface area contributed by atoms with Crippen LogP contribution in [0.4, 0.5) is 5.69 Å². The van der Waals surface area contributed by atoms with Crippen molar-refractivity contribution < 1.29 is 8.42 Å². The van der Waals surface area contributed by atoms with E-state index in [2.05, 4.69) is 20.0 Å². The van der Waals surface area contributed by atoms with Crippen LogP contribution < -0.4 is 5.32 Å². The molecule has 0 radical (unpaired) electrons. The number of aromatic nitrogens is 3. The number of hydrogen-bond acceptors (Lipinski definition) is 5. The molecule has 0 aliphatic carbocycles. The fourth-order valence-electron chi connectivity index (χ4n) is 1.60. The molecular weight excluding hydrogens is 278 g/mol. The molecule has 0 saturated heterocycles. The minimum absolute atomic E-state index is 0.0555. The van der Waals surface area contributed by atoms with Crippen molar-refractivity contribution in [2.24, 2.45) is 4.40 Å². The maximum atomic E-state index is 11.8. The van der Waals surface area contributed by atoms with Gasteiger partial charge in [-0.15, -0.1) is 9.50 Å². The van der Waals surface area contributed by atoms with Gasteiger partial charge < -0.3 is 5.32 Å². The molecule has 92 valence electrons. The van der Waals surface area contributed by atoms with Crippen molar-refractivity contribution >= 4 is 32.6 Å². The molecular formula is C9H6ClN5O2S. The van der Waals surface area contributed by atoms with E-state index in [4.69, 9.17) is 11.6 Å². The highest BCUT2D eigenvalue weighted by Gasteiger charge is 2.24. The van der Waals surface area contributed by atoms with Gasteiger partial charge in [-0.2, -0.15) is 8.42 Å². The quantitative estimate of drug-likeness (QED) is 0.788. The Morgan fingerprint density at radius 2 is 2.17 bits per heavy atom. The van der Waals surface area contributed by atoms with Crippen LogP contribution >= 0.6 is 11.6 Å². The van der Waals surface area contributed by atoms with E-state index < -0.39 is 10.0 Å². The normalized spacial score (nSPS) is 16.6. The van der Waals surface area contributed by atoms with E-state index in [1.165, 1.54) is 16.9 Å². The Morgan fingerprint density at radius 3 is 2.89 bits per heavy atom. The maximum absolute atomic E-state index is 11.8. The van der Waals surface area contributed by atoms with Crippen LogP contribution in [-0.4, -0.2) is 28.7 Å². The summed E-state index contributed by atoms with van der Waals surface area (Å²) < 4.78 is 28.5. The minimum atomic E-state index is -3.77. The second kappa shape index (κ2) is 3.79. The van der Waals surface area contributed by atoms with Gasteiger partial charge in [0.15, 0.2) is 0 Å². The molecule has 0 bridgehead atoms. The van der Waals surface area contributed by atoms with E-state index in [-0.39, 0.29) is 10.2 Å². The molecule has 2 aromatic rings. The lowest BCUT2D eigenvalue weighted by atomic mass is 10.3. The second-order valence-corrected chi connectivity index (χ2v) is 5.44. The molecule has 0 atom stereocenters. The molecule has 1 aromatic carbocycles. The number of rotatable bonds is 1. The van der Waals surface area contributed by atoms with Gasteiger partial charge in [0.1, 0.15) is 4.90 Å². The van der Waals surface area contributed by atoms with Crippen LogP contribution in [0.5, 0.6) is 0 Å². The lowest BCUT2D eigenvalue weighted by Crippen LogP contribution is -2.17. The summed E-state index contributed by atoms with van der Waals surface area (Å²) in [7, 11) is -3.77. The highest BCUT2D eigenvalue weighted by Crippen LogP contribution is 2.29. The fraction of sp³-hybridized carbons (Fsp3) is 0. The van der Waals surface area contributed by atoms with Gasteiger partial charge >= 0.3 is 0 Å². The molecule has 1 aromatic heterocycles. The Labute approximate surface area is 107 Å². The summed E-state index contributed by atoms with van der Waals surface area (Å²) in [5.41, 5.74) is 0.962. The van der Waals surface area contributed by atoms with Gasteiger partial charge in [-0.3, -0.25) is 0 Å². The zero-order valence-electron chi connectivity index (χ0n) is 8.78. The smallest absolute Gasteiger partial charge is 0.287 e. The standard InChI is InChI=1S/C9H6ClN5O2S/c10-9-12-7-2-1-6(15-4-3-11-14-15)5-8(7)18(16,17)13-9/h1-5H,(H,12,13). The Kier molecular flexibility index (Phi) is 2.35. The Balaban J connectivity index is 2.20. The molecule has 0 unspecified atom stereocenters. The monoisotopic (exact) mass is 283 g/mol. The van der Waals surface area contributed by atoms with Crippen molar-refractivity contribution in [2.45, 2.75) is 4.90 Å². The lowest BCUT2D eigenvalue weighted by Gasteiger charge is -2.15. The molecule has 1 N–H and O–H groups in total. The number of halogens is 1. The number of amidine groups is 1. The van der Waals surface area contributed by atoms with Gasteiger partial charge in [-0.05, 0) is 29.8 Å². The van der Waals surface area contributed by atoms with Crippen molar-refractivity contribution in [3.05, 3.63) is 30.6 Å². The first kappa shape index (κ1) is 11.2. The fourth-order valence-corrected chi connectivity index (χ4v) is 3.00. The number of fused-ring (bicyclic) bond motifs is 1. The summed E-state index contributed by atoms with van der Waals surface area (Å²) >= 11 is 5.60. The van der Waals surface area contributed by atoms with Crippen molar-refractivity contribution in [3.8, 4) is 5.69 Å². The number of nitrogens with one attached hydrogen (secondary N) is 1. The van der Waals surface area contributed by atoms with E-state index in [1.54, 1.807) is 18.3 Å². The molecule has 0 amide bonds. The summed E-state index contributed by atoms with van der Waals surface area (Å²) in [6, 6.07) is 4.76. The Bertz CT molecular complexity index is 738. The highest BCUT2D eigenvalue weighted by molar-refractivity contribution is 7.90. The largest absolute Gasteiger partial charge is 0.329 e. The van der Waals surface area contributed by atoms with Crippen molar-refractivity contribution in [2.75, 3.05) is 5.32 Å². The van der Waals surface area contributed by atoms with Gasteiger partial charge in [0, 0.05) is 0 Å². The molecule has 7 nitrogen and oxygen atoms in total. The van der Waals surface area contributed by atoms with E-state index in [0.29, 0.717) is 11.4 Å². The first-order valence-corrected chi connectivity index (χ1v) is 6.66. The van der Waals surface area contributed by atoms with E-state index >= 15 is 0 Å². The molecule has 0 spiro atoms. The van der Waals surface area contributed by atoms with Gasteiger partial charge in [-0.25, -0.2) is 4.68 Å². The molecule has 1 aliphatic rings. The average Bonchev–Trinajstić information content (AvgIpc) is 2.81. The van der Waals surface area contributed by atoms with Crippen LogP contribution in [0, 0.1) is 0 Å². The third-order valence-electron chi connectivity index (χ3n) is 2.37. The minimum Gasteiger partial charge on any atom is -0.329 e. The SMILES string of the molecule is O=S1(=O)N=C(Cl)Nc2ccc(-n3ccnn3)cc21. The number of hydrogen-bond donors (Lipinski definition) is 1. The van der Waals surface area contributed by atoms with Crippen molar-refractivity contribution in [1.82, 2.24) is 15.0 Å². The third-order valence-corrected chi connectivity index (χ3v) is 3.96. The lowest BCUT2D eigenvalue weighted by molar-refractivity contribution is 0.598. The van der Waals surface area contributed by atoms with Gasteiger partial charge in [-0.1, -0.05) is 5.21 Å². The van der Waals surface area contributed by atoms with E-state index in [1.807, 2.05) is 0 Å². The molecule has 2 heterocycles. The second-order valence-electron chi connectivity index (χ2n) is 3.51. The summed E-state index contributed by atoms with van der Waals surface area (Å²) in [5, 5.41) is 9.95. The van der Waals surface area contributed by atoms with Crippen molar-refractivity contribution in [3.63, 3.8) is 0 Å². The number of sulfonamides is 1. The maximum Gasteiger partial charge on any atom is 0.287 e. The molecule has 18 heavy (non-hydrogen) atoms. The topological polar surface area (TPSA) is 89.2 Å². The zero-order chi connectivity index (χ0) is 12.8. The molecule has 1 aliphatic heterocycles. The van der Waals surface area contributed by atoms with Crippen LogP contribution in [0.3, 0.4) is 0 Å². The highest BCUT2D eigenvalue weighted by atomic mass is 35.5. The van der Waals surface area contributed by atoms with Gasteiger partial charge in [0.2, 0.25) is 5.29 Å². The first-order valence-electron chi connectivity index (χ1n) is 4.84. The third kappa shape index (κ3) is 1.75. The number of nitrogens with zero attached hydrogens (tertiary/aromatic N) is 4. The Hall–Kier alpha value is -1.93. The predicted molar refractivity (Wildman–Crippen MR) is 65.5 cm³/mol. The molecule has 3 rings (SSSR count). The van der Waals surface area contributed by atoms with Crippen LogP contribution in [0.2, 0.25) is 0 Å². The van der Waals surface area contributed by atoms with Crippen molar-refractivity contribution in [1.29, 1.82) is 0 Å². The average molecular weight is 284 g/mol. The van der Waals surface area contributed by atoms with Crippen LogP contribution in [0.15, 0.2) is 39.9 Å². The van der Waals surface area contributed by atoms with Gasteiger partial charge in [0.05, 0.1) is 23.8 Å². The summed E-state index contributed by atoms with van der Waals surface area (Å²) in [6.45, 7) is 0. The summed E-state index contributed by atoms with van der Waals surface area (Å²) in [4.78, 5) is 0.0555. The van der Waals surface area contributed by atoms with Crippen LogP contribution in [0.1, 0.15) is 0 Å². The predicted octanol–water partition coefficient (Wildman–Crippen LogP) is 0.976. The molecule has 0 saturated carbocycles. The van der Waals surface area contributed by atoms with E-state index in [0.717, 1.165) is 0 Å². The number of benzene rings is 1. The Morgan fingerprint density at radius 1 is 1.33 bits per heavy atom. The van der Waals surface area contributed by atoms with Crippen LogP contribution in [0.25, 0.3) is 5.69 Å². The molecule has 9 heteroatoms. The summed E-state index contributed by atoms with van der Waals surface area (Å²) in [5.74, 6) is 0. The number of anilines is 1. The zero-order valence-corrected chi connectivity index (χ0v) is 10.4. The van der Waals surface area contributed by atoms with Gasteiger partial charge in [0.25, 0.3) is 10.0 Å². The molecule has 0 fully saturated rings. The first-order chi connectivity index (χ1) is 8.56.